The van der Waals surface area contributed by atoms with Gasteiger partial charge in [-0.2, -0.15) is 5.10 Å². The topological polar surface area (TPSA) is 55.1 Å². The number of thiophene rings is 1. The van der Waals surface area contributed by atoms with Gasteiger partial charge in [-0.25, -0.2) is 0 Å². The molecule has 0 saturated heterocycles. The number of thioether (sulfide) groups is 1. The first kappa shape index (κ1) is 12.2. The van der Waals surface area contributed by atoms with E-state index in [1.165, 1.54) is 16.6 Å². The Morgan fingerprint density at radius 1 is 1.65 bits per heavy atom. The molecule has 0 saturated carbocycles. The second-order valence-corrected chi connectivity index (χ2v) is 5.44. The van der Waals surface area contributed by atoms with Crippen molar-refractivity contribution in [2.75, 3.05) is 5.75 Å². The van der Waals surface area contributed by atoms with Crippen molar-refractivity contribution in [3.63, 3.8) is 0 Å². The lowest BCUT2D eigenvalue weighted by molar-refractivity contribution is -0.133. The summed E-state index contributed by atoms with van der Waals surface area (Å²) in [5.41, 5.74) is 1.99. The molecule has 0 aliphatic rings. The normalized spacial score (nSPS) is 10.6. The zero-order valence-corrected chi connectivity index (χ0v) is 10.9. The maximum absolute atomic E-state index is 10.4. The third-order valence-electron chi connectivity index (χ3n) is 2.18. The molecule has 6 heteroatoms. The summed E-state index contributed by atoms with van der Waals surface area (Å²) in [5.74, 6) is -0.0411. The summed E-state index contributed by atoms with van der Waals surface area (Å²) in [6, 6.07) is 6.07. The molecule has 4 nitrogen and oxygen atoms in total. The van der Waals surface area contributed by atoms with Crippen LogP contribution in [-0.4, -0.2) is 26.6 Å². The van der Waals surface area contributed by atoms with Gasteiger partial charge < -0.3 is 5.11 Å². The van der Waals surface area contributed by atoms with Crippen molar-refractivity contribution in [3.05, 3.63) is 29.3 Å². The number of aromatic nitrogens is 2. The van der Waals surface area contributed by atoms with Crippen molar-refractivity contribution in [2.45, 2.75) is 5.75 Å². The Labute approximate surface area is 107 Å². The van der Waals surface area contributed by atoms with E-state index in [2.05, 4.69) is 11.2 Å². The maximum Gasteiger partial charge on any atom is 0.313 e. The van der Waals surface area contributed by atoms with Gasteiger partial charge >= 0.3 is 5.97 Å². The highest BCUT2D eigenvalue weighted by atomic mass is 32.2. The van der Waals surface area contributed by atoms with Gasteiger partial charge in [0.1, 0.15) is 0 Å². The van der Waals surface area contributed by atoms with Crippen molar-refractivity contribution in [3.8, 4) is 10.6 Å². The van der Waals surface area contributed by atoms with E-state index in [0.29, 0.717) is 5.75 Å². The van der Waals surface area contributed by atoms with Crippen LogP contribution in [0.5, 0.6) is 0 Å². The lowest BCUT2D eigenvalue weighted by Crippen LogP contribution is -1.98. The van der Waals surface area contributed by atoms with Gasteiger partial charge in [-0.15, -0.1) is 23.1 Å². The number of nitrogens with zero attached hydrogens (tertiary/aromatic N) is 2. The lowest BCUT2D eigenvalue weighted by Gasteiger charge is -1.95. The Balaban J connectivity index is 2.06. The van der Waals surface area contributed by atoms with E-state index in [-0.39, 0.29) is 5.75 Å². The van der Waals surface area contributed by atoms with Crippen molar-refractivity contribution < 1.29 is 9.90 Å². The predicted molar refractivity (Wildman–Crippen MR) is 70.3 cm³/mol. The molecule has 0 aromatic carbocycles. The highest BCUT2D eigenvalue weighted by Gasteiger charge is 2.08. The zero-order valence-electron chi connectivity index (χ0n) is 9.29. The number of aryl methyl sites for hydroxylation is 1. The van der Waals surface area contributed by atoms with E-state index in [1.807, 2.05) is 29.2 Å². The number of aliphatic carboxylic acids is 1. The van der Waals surface area contributed by atoms with Crippen molar-refractivity contribution >= 4 is 29.1 Å². The first-order chi connectivity index (χ1) is 8.16. The third kappa shape index (κ3) is 3.10. The second-order valence-electron chi connectivity index (χ2n) is 3.51. The van der Waals surface area contributed by atoms with E-state index in [1.54, 1.807) is 11.3 Å². The van der Waals surface area contributed by atoms with Gasteiger partial charge in [0.2, 0.25) is 0 Å². The number of carboxylic acids is 1. The van der Waals surface area contributed by atoms with Gasteiger partial charge in [0, 0.05) is 12.8 Å². The molecule has 0 fully saturated rings. The number of carboxylic acid groups (broad SMARTS) is 1. The molecule has 2 aromatic rings. The van der Waals surface area contributed by atoms with Gasteiger partial charge in [0.25, 0.3) is 0 Å². The van der Waals surface area contributed by atoms with E-state index >= 15 is 0 Å². The van der Waals surface area contributed by atoms with Crippen LogP contribution in [0, 0.1) is 0 Å². The Bertz CT molecular complexity index is 506. The van der Waals surface area contributed by atoms with E-state index in [9.17, 15) is 4.79 Å². The second kappa shape index (κ2) is 5.37. The van der Waals surface area contributed by atoms with Gasteiger partial charge in [-0.1, -0.05) is 6.07 Å². The molecule has 0 amide bonds. The molecule has 1 N–H and O–H groups in total. The summed E-state index contributed by atoms with van der Waals surface area (Å²) in [5, 5.41) is 15.0. The SMILES string of the molecule is Cn1nc(CSCC(=O)O)cc1-c1cccs1. The minimum Gasteiger partial charge on any atom is -0.481 e. The number of carbonyl (C=O) groups is 1. The van der Waals surface area contributed by atoms with E-state index in [0.717, 1.165) is 11.4 Å². The minimum absolute atomic E-state index is 0.116. The van der Waals surface area contributed by atoms with Gasteiger partial charge in [-0.3, -0.25) is 9.48 Å². The van der Waals surface area contributed by atoms with Crippen LogP contribution >= 0.6 is 23.1 Å². The zero-order chi connectivity index (χ0) is 12.3. The van der Waals surface area contributed by atoms with Gasteiger partial charge in [-0.05, 0) is 17.5 Å². The van der Waals surface area contributed by atoms with Crippen molar-refractivity contribution in [1.82, 2.24) is 9.78 Å². The Kier molecular flexibility index (Phi) is 3.86. The first-order valence-electron chi connectivity index (χ1n) is 5.03. The van der Waals surface area contributed by atoms with E-state index < -0.39 is 5.97 Å². The molecule has 0 bridgehead atoms. The fourth-order valence-electron chi connectivity index (χ4n) is 1.49. The van der Waals surface area contributed by atoms with Crippen LogP contribution in [0.15, 0.2) is 23.6 Å². The Morgan fingerprint density at radius 3 is 3.12 bits per heavy atom. The summed E-state index contributed by atoms with van der Waals surface area (Å²) in [6.45, 7) is 0. The number of hydrogen-bond donors (Lipinski definition) is 1. The highest BCUT2D eigenvalue weighted by molar-refractivity contribution is 7.99. The number of hydrogen-bond acceptors (Lipinski definition) is 4. The lowest BCUT2D eigenvalue weighted by atomic mass is 10.3. The van der Waals surface area contributed by atoms with Crippen molar-refractivity contribution in [2.24, 2.45) is 7.05 Å². The monoisotopic (exact) mass is 268 g/mol. The highest BCUT2D eigenvalue weighted by Crippen LogP contribution is 2.25. The van der Waals surface area contributed by atoms with Crippen LogP contribution in [0.4, 0.5) is 0 Å². The van der Waals surface area contributed by atoms with Gasteiger partial charge in [0.15, 0.2) is 0 Å². The molecule has 90 valence electrons. The van der Waals surface area contributed by atoms with Crippen LogP contribution in [-0.2, 0) is 17.6 Å². The molecule has 17 heavy (non-hydrogen) atoms. The van der Waals surface area contributed by atoms with Crippen molar-refractivity contribution in [1.29, 1.82) is 0 Å². The molecule has 0 spiro atoms. The van der Waals surface area contributed by atoms with Crippen LogP contribution in [0.1, 0.15) is 5.69 Å². The first-order valence-corrected chi connectivity index (χ1v) is 7.06. The summed E-state index contributed by atoms with van der Waals surface area (Å²) in [4.78, 5) is 11.6. The molecule has 2 aromatic heterocycles. The molecule has 0 aliphatic carbocycles. The fraction of sp³-hybridized carbons (Fsp3) is 0.273. The summed E-state index contributed by atoms with van der Waals surface area (Å²) < 4.78 is 1.84. The fourth-order valence-corrected chi connectivity index (χ4v) is 2.89. The van der Waals surface area contributed by atoms with Crippen LogP contribution < -0.4 is 0 Å². The molecule has 0 unspecified atom stereocenters. The molecule has 0 radical (unpaired) electrons. The minimum atomic E-state index is -0.788. The largest absolute Gasteiger partial charge is 0.481 e. The maximum atomic E-state index is 10.4. The summed E-state index contributed by atoms with van der Waals surface area (Å²) >= 11 is 3.03. The molecular weight excluding hydrogens is 256 g/mol. The molecule has 0 aliphatic heterocycles. The average Bonchev–Trinajstić information content (AvgIpc) is 2.86. The summed E-state index contributed by atoms with van der Waals surface area (Å²) in [7, 11) is 1.90. The van der Waals surface area contributed by atoms with Crippen LogP contribution in [0.2, 0.25) is 0 Å². The average molecular weight is 268 g/mol. The molecule has 0 atom stereocenters. The van der Waals surface area contributed by atoms with Crippen LogP contribution in [0.3, 0.4) is 0 Å². The van der Waals surface area contributed by atoms with E-state index in [4.69, 9.17) is 5.11 Å². The predicted octanol–water partition coefficient (Wildman–Crippen LogP) is 2.47. The quantitative estimate of drug-likeness (QED) is 0.905. The molecular formula is C11H12N2O2S2. The van der Waals surface area contributed by atoms with Crippen LogP contribution in [0.25, 0.3) is 10.6 Å². The standard InChI is InChI=1S/C11H12N2O2S2/c1-13-9(10-3-2-4-17-10)5-8(12-13)6-16-7-11(14)15/h2-5H,6-7H2,1H3,(H,14,15). The third-order valence-corrected chi connectivity index (χ3v) is 4.02. The summed E-state index contributed by atoms with van der Waals surface area (Å²) in [6.07, 6.45) is 0. The smallest absolute Gasteiger partial charge is 0.313 e. The molecule has 2 heterocycles. The Morgan fingerprint density at radius 2 is 2.47 bits per heavy atom. The Hall–Kier alpha value is -1.27. The molecule has 2 rings (SSSR count). The van der Waals surface area contributed by atoms with Gasteiger partial charge in [0.05, 0.1) is 22.0 Å². The number of rotatable bonds is 5.